The first-order valence-electron chi connectivity index (χ1n) is 2.79. The van der Waals surface area contributed by atoms with Gasteiger partial charge in [-0.15, -0.1) is 0 Å². The van der Waals surface area contributed by atoms with Gasteiger partial charge in [-0.2, -0.15) is 0 Å². The first-order chi connectivity index (χ1) is 4.09. The minimum Gasteiger partial charge on any atom is -0.390 e. The molecule has 0 saturated carbocycles. The number of likely N-dealkylation sites (N-methyl/N-ethyl adjacent to an activating group) is 1. The van der Waals surface area contributed by atoms with Crippen molar-refractivity contribution in [3.8, 4) is 0 Å². The molecule has 4 heteroatoms. The molecule has 0 bridgehead atoms. The Morgan fingerprint density at radius 2 is 2.22 bits per heavy atom. The van der Waals surface area contributed by atoms with Crippen molar-refractivity contribution in [2.45, 2.75) is 6.04 Å². The average molecular weight is 133 g/mol. The third-order valence-corrected chi connectivity index (χ3v) is 1.22. The lowest BCUT2D eigenvalue weighted by molar-refractivity contribution is -0.876. The van der Waals surface area contributed by atoms with Crippen LogP contribution in [0.15, 0.2) is 0 Å². The number of nitrogens with one attached hydrogen (secondary N) is 1. The second-order valence-electron chi connectivity index (χ2n) is 2.21. The number of hydrogen-bond acceptors (Lipinski definition) is 2. The monoisotopic (exact) mass is 133 g/mol. The highest BCUT2D eigenvalue weighted by atomic mass is 16.3. The Morgan fingerprint density at radius 3 is 2.22 bits per heavy atom. The molecule has 9 heavy (non-hydrogen) atoms. The second-order valence-corrected chi connectivity index (χ2v) is 2.21. The molecule has 0 fully saturated rings. The van der Waals surface area contributed by atoms with Crippen molar-refractivity contribution in [2.24, 2.45) is 5.73 Å². The lowest BCUT2D eigenvalue weighted by atomic mass is 10.3. The molecule has 4 nitrogen and oxygen atoms in total. The number of primary amides is 1. The van der Waals surface area contributed by atoms with Gasteiger partial charge in [0.25, 0.3) is 5.91 Å². The van der Waals surface area contributed by atoms with Gasteiger partial charge in [0.15, 0.2) is 6.04 Å². The Bertz CT molecular complexity index is 103. The topological polar surface area (TPSA) is 67.8 Å². The first kappa shape index (κ1) is 8.39. The van der Waals surface area contributed by atoms with Gasteiger partial charge in [-0.3, -0.25) is 4.79 Å². The summed E-state index contributed by atoms with van der Waals surface area (Å²) >= 11 is 0. The van der Waals surface area contributed by atoms with Gasteiger partial charge >= 0.3 is 0 Å². The summed E-state index contributed by atoms with van der Waals surface area (Å²) in [4.78, 5) is 11.3. The van der Waals surface area contributed by atoms with E-state index < -0.39 is 11.9 Å². The minimum absolute atomic E-state index is 0.183. The zero-order chi connectivity index (χ0) is 7.44. The van der Waals surface area contributed by atoms with Gasteiger partial charge < -0.3 is 15.7 Å². The van der Waals surface area contributed by atoms with Crippen LogP contribution in [0, 0.1) is 0 Å². The van der Waals surface area contributed by atoms with Crippen molar-refractivity contribution in [3.63, 3.8) is 0 Å². The summed E-state index contributed by atoms with van der Waals surface area (Å²) in [6.07, 6.45) is 0. The number of carbonyl (C=O) groups is 1. The van der Waals surface area contributed by atoms with Crippen molar-refractivity contribution in [2.75, 3.05) is 20.7 Å². The summed E-state index contributed by atoms with van der Waals surface area (Å²) in [5.74, 6) is -0.461. The van der Waals surface area contributed by atoms with Crippen molar-refractivity contribution in [1.29, 1.82) is 0 Å². The Kier molecular flexibility index (Phi) is 3.19. The highest BCUT2D eigenvalue weighted by Gasteiger charge is 2.19. The molecule has 0 aromatic rings. The van der Waals surface area contributed by atoms with Crippen LogP contribution in [0.3, 0.4) is 0 Å². The minimum atomic E-state index is -0.468. The molecule has 0 aliphatic rings. The van der Waals surface area contributed by atoms with Gasteiger partial charge in [0.1, 0.15) is 6.61 Å². The summed E-state index contributed by atoms with van der Waals surface area (Å²) in [5, 5.41) is 8.55. The third-order valence-electron chi connectivity index (χ3n) is 1.22. The van der Waals surface area contributed by atoms with E-state index in [-0.39, 0.29) is 6.61 Å². The molecule has 0 saturated heterocycles. The van der Waals surface area contributed by atoms with E-state index in [4.69, 9.17) is 10.8 Å². The molecule has 0 aliphatic carbocycles. The maximum absolute atomic E-state index is 10.4. The fourth-order valence-electron chi connectivity index (χ4n) is 0.557. The Hall–Kier alpha value is -0.610. The predicted octanol–water partition coefficient (Wildman–Crippen LogP) is -3.02. The molecule has 1 atom stereocenters. The number of nitrogens with two attached hydrogens (primary N) is 1. The number of hydrogen-bond donors (Lipinski definition) is 3. The molecule has 0 aromatic carbocycles. The van der Waals surface area contributed by atoms with Crippen LogP contribution in [0.5, 0.6) is 0 Å². The zero-order valence-electron chi connectivity index (χ0n) is 5.72. The van der Waals surface area contributed by atoms with E-state index >= 15 is 0 Å². The van der Waals surface area contributed by atoms with Crippen LogP contribution in [-0.2, 0) is 4.79 Å². The number of quaternary nitrogens is 1. The number of carbonyl (C=O) groups excluding carboxylic acids is 1. The van der Waals surface area contributed by atoms with E-state index in [1.165, 1.54) is 0 Å². The maximum atomic E-state index is 10.4. The molecule has 0 rings (SSSR count). The normalized spacial score (nSPS) is 13.8. The van der Waals surface area contributed by atoms with Crippen LogP contribution in [0.4, 0.5) is 0 Å². The molecule has 0 aromatic heterocycles. The standard InChI is InChI=1S/C5H12N2O2/c1-7(2)4(3-8)5(6)9/h4,8H,3H2,1-2H3,(H2,6,9)/p+1. The molecule has 0 spiro atoms. The Labute approximate surface area is 54.3 Å². The van der Waals surface area contributed by atoms with Gasteiger partial charge in [0, 0.05) is 0 Å². The first-order valence-corrected chi connectivity index (χ1v) is 2.79. The number of amides is 1. The van der Waals surface area contributed by atoms with Crippen LogP contribution in [0.2, 0.25) is 0 Å². The highest BCUT2D eigenvalue weighted by molar-refractivity contribution is 5.78. The van der Waals surface area contributed by atoms with E-state index in [1.807, 2.05) is 0 Å². The van der Waals surface area contributed by atoms with Crippen LogP contribution < -0.4 is 10.6 Å². The maximum Gasteiger partial charge on any atom is 0.278 e. The fraction of sp³-hybridized carbons (Fsp3) is 0.800. The van der Waals surface area contributed by atoms with Gasteiger partial charge in [-0.25, -0.2) is 0 Å². The second kappa shape index (κ2) is 3.42. The van der Waals surface area contributed by atoms with Gasteiger partial charge in [-0.1, -0.05) is 0 Å². The van der Waals surface area contributed by atoms with Crippen molar-refractivity contribution in [3.05, 3.63) is 0 Å². The smallest absolute Gasteiger partial charge is 0.278 e. The lowest BCUT2D eigenvalue weighted by Crippen LogP contribution is -3.12. The highest BCUT2D eigenvalue weighted by Crippen LogP contribution is 1.68. The van der Waals surface area contributed by atoms with E-state index in [2.05, 4.69) is 0 Å². The Balaban J connectivity index is 3.83. The lowest BCUT2D eigenvalue weighted by Gasteiger charge is -2.14. The summed E-state index contributed by atoms with van der Waals surface area (Å²) in [7, 11) is 3.54. The van der Waals surface area contributed by atoms with Gasteiger partial charge in [0.2, 0.25) is 0 Å². The quantitative estimate of drug-likeness (QED) is 0.383. The number of rotatable bonds is 3. The molecule has 1 amide bonds. The van der Waals surface area contributed by atoms with Crippen molar-refractivity contribution >= 4 is 5.91 Å². The molecule has 54 valence electrons. The molecule has 0 heterocycles. The van der Waals surface area contributed by atoms with Gasteiger partial charge in [-0.05, 0) is 0 Å². The van der Waals surface area contributed by atoms with Gasteiger partial charge in [0.05, 0.1) is 14.1 Å². The van der Waals surface area contributed by atoms with Crippen molar-refractivity contribution < 1.29 is 14.8 Å². The van der Waals surface area contributed by atoms with E-state index in [0.29, 0.717) is 0 Å². The summed E-state index contributed by atoms with van der Waals surface area (Å²) in [5.41, 5.74) is 4.93. The summed E-state index contributed by atoms with van der Waals surface area (Å²) in [6.45, 7) is -0.183. The Morgan fingerprint density at radius 1 is 1.78 bits per heavy atom. The van der Waals surface area contributed by atoms with Crippen LogP contribution in [-0.4, -0.2) is 37.8 Å². The molecule has 4 N–H and O–H groups in total. The van der Waals surface area contributed by atoms with Crippen LogP contribution in [0.1, 0.15) is 0 Å². The van der Waals surface area contributed by atoms with Crippen LogP contribution >= 0.6 is 0 Å². The zero-order valence-corrected chi connectivity index (χ0v) is 5.72. The fourth-order valence-corrected chi connectivity index (χ4v) is 0.557. The molecule has 0 radical (unpaired) electrons. The molecule has 1 unspecified atom stereocenters. The van der Waals surface area contributed by atoms with E-state index in [0.717, 1.165) is 4.90 Å². The largest absolute Gasteiger partial charge is 0.390 e. The van der Waals surface area contributed by atoms with Crippen LogP contribution in [0.25, 0.3) is 0 Å². The number of aliphatic hydroxyl groups is 1. The molecular weight excluding hydrogens is 120 g/mol. The summed E-state index contributed by atoms with van der Waals surface area (Å²) < 4.78 is 0. The predicted molar refractivity (Wildman–Crippen MR) is 32.9 cm³/mol. The molecule has 0 aliphatic heterocycles. The van der Waals surface area contributed by atoms with E-state index in [1.54, 1.807) is 14.1 Å². The van der Waals surface area contributed by atoms with E-state index in [9.17, 15) is 4.79 Å². The number of aliphatic hydroxyl groups excluding tert-OH is 1. The van der Waals surface area contributed by atoms with Crippen molar-refractivity contribution in [1.82, 2.24) is 0 Å². The third kappa shape index (κ3) is 2.43. The average Bonchev–Trinajstić information content (AvgIpc) is 1.64. The summed E-state index contributed by atoms with van der Waals surface area (Å²) in [6, 6.07) is -0.468. The SMILES string of the molecule is C[NH+](C)C(CO)C(N)=O. The molecular formula is C5H13N2O2+.